The highest BCUT2D eigenvalue weighted by atomic mass is 16.5. The van der Waals surface area contributed by atoms with Crippen molar-refractivity contribution < 1.29 is 9.53 Å². The number of carbonyl (C=O) groups is 1. The summed E-state index contributed by atoms with van der Waals surface area (Å²) < 4.78 is 6.91. The van der Waals surface area contributed by atoms with Crippen LogP contribution in [-0.4, -0.2) is 52.6 Å². The van der Waals surface area contributed by atoms with Gasteiger partial charge in [-0.3, -0.25) is 9.48 Å². The van der Waals surface area contributed by atoms with Gasteiger partial charge in [0.1, 0.15) is 11.6 Å². The lowest BCUT2D eigenvalue weighted by atomic mass is 9.96. The van der Waals surface area contributed by atoms with Crippen LogP contribution in [-0.2, 0) is 18.3 Å². The minimum absolute atomic E-state index is 0.0425. The fourth-order valence-electron chi connectivity index (χ4n) is 3.83. The first-order chi connectivity index (χ1) is 15.6. The molecule has 2 aromatic heterocycles. The molecule has 3 heterocycles. The van der Waals surface area contributed by atoms with E-state index in [0.29, 0.717) is 12.4 Å². The molecule has 0 aliphatic carbocycles. The Bertz CT molecular complexity index is 1010. The molecule has 168 valence electrons. The number of anilines is 3. The summed E-state index contributed by atoms with van der Waals surface area (Å²) in [6.07, 6.45) is 4.16. The third kappa shape index (κ3) is 5.35. The Balaban J connectivity index is 1.21. The Labute approximate surface area is 187 Å². The van der Waals surface area contributed by atoms with Gasteiger partial charge in [0.25, 0.3) is 0 Å². The van der Waals surface area contributed by atoms with Gasteiger partial charge in [0, 0.05) is 38.7 Å². The van der Waals surface area contributed by atoms with Gasteiger partial charge in [0.2, 0.25) is 5.91 Å². The Morgan fingerprint density at radius 2 is 1.88 bits per heavy atom. The molecule has 2 N–H and O–H groups in total. The second-order valence-corrected chi connectivity index (χ2v) is 7.89. The zero-order valence-electron chi connectivity index (χ0n) is 18.5. The summed E-state index contributed by atoms with van der Waals surface area (Å²) >= 11 is 0. The van der Waals surface area contributed by atoms with Gasteiger partial charge in [-0.15, -0.1) is 10.2 Å². The van der Waals surface area contributed by atoms with Crippen LogP contribution in [0.1, 0.15) is 18.4 Å². The van der Waals surface area contributed by atoms with Gasteiger partial charge >= 0.3 is 0 Å². The number of aromatic nitrogens is 4. The quantitative estimate of drug-likeness (QED) is 0.561. The summed E-state index contributed by atoms with van der Waals surface area (Å²) in [5.41, 5.74) is 1.18. The molecule has 9 heteroatoms. The monoisotopic (exact) mass is 435 g/mol. The number of hydrogen-bond acceptors (Lipinski definition) is 7. The molecule has 3 aromatic rings. The van der Waals surface area contributed by atoms with Gasteiger partial charge in [-0.25, -0.2) is 0 Å². The maximum atomic E-state index is 12.6. The number of nitrogens with zero attached hydrogens (tertiary/aromatic N) is 5. The zero-order chi connectivity index (χ0) is 22.3. The van der Waals surface area contributed by atoms with Crippen molar-refractivity contribution >= 4 is 23.4 Å². The summed E-state index contributed by atoms with van der Waals surface area (Å²) in [5.74, 6) is 3.38. The first-order valence-corrected chi connectivity index (χ1v) is 10.9. The molecule has 0 bridgehead atoms. The number of amides is 1. The average molecular weight is 436 g/mol. The van der Waals surface area contributed by atoms with E-state index < -0.39 is 0 Å². The Morgan fingerprint density at radius 1 is 1.09 bits per heavy atom. The molecule has 0 spiro atoms. The Hall–Kier alpha value is -3.62. The molecule has 0 saturated carbocycles. The molecular weight excluding hydrogens is 406 g/mol. The van der Waals surface area contributed by atoms with E-state index >= 15 is 0 Å². The normalized spacial score (nSPS) is 14.2. The van der Waals surface area contributed by atoms with Crippen molar-refractivity contribution in [2.75, 3.05) is 37.0 Å². The number of rotatable bonds is 8. The molecule has 1 fully saturated rings. The molecule has 0 unspecified atom stereocenters. The fraction of sp³-hybridized carbons (Fsp3) is 0.391. The number of aryl methyl sites for hydroxylation is 1. The van der Waals surface area contributed by atoms with E-state index in [0.717, 1.165) is 49.7 Å². The summed E-state index contributed by atoms with van der Waals surface area (Å²) in [4.78, 5) is 14.7. The first kappa shape index (κ1) is 21.6. The maximum absolute atomic E-state index is 12.6. The highest BCUT2D eigenvalue weighted by Gasteiger charge is 2.25. The second-order valence-electron chi connectivity index (χ2n) is 7.89. The number of hydrogen-bond donors (Lipinski definition) is 2. The summed E-state index contributed by atoms with van der Waals surface area (Å²) in [6, 6.07) is 13.7. The number of methoxy groups -OCH3 is 1. The van der Waals surface area contributed by atoms with Crippen molar-refractivity contribution in [3.63, 3.8) is 0 Å². The van der Waals surface area contributed by atoms with E-state index in [4.69, 9.17) is 4.74 Å². The predicted molar refractivity (Wildman–Crippen MR) is 123 cm³/mol. The molecule has 0 radical (unpaired) electrons. The molecule has 9 nitrogen and oxygen atoms in total. The first-order valence-electron chi connectivity index (χ1n) is 10.9. The molecule has 4 rings (SSSR count). The van der Waals surface area contributed by atoms with Gasteiger partial charge in [0.05, 0.1) is 13.3 Å². The van der Waals surface area contributed by atoms with Gasteiger partial charge < -0.3 is 20.3 Å². The van der Waals surface area contributed by atoms with Crippen LogP contribution in [0.15, 0.2) is 48.7 Å². The van der Waals surface area contributed by atoms with Crippen molar-refractivity contribution in [1.29, 1.82) is 0 Å². The van der Waals surface area contributed by atoms with Crippen molar-refractivity contribution in [3.8, 4) is 5.75 Å². The molecule has 1 saturated heterocycles. The summed E-state index contributed by atoms with van der Waals surface area (Å²) in [5, 5.41) is 19.0. The van der Waals surface area contributed by atoms with Crippen LogP contribution in [0.3, 0.4) is 0 Å². The number of nitrogens with one attached hydrogen (secondary N) is 2. The van der Waals surface area contributed by atoms with E-state index in [2.05, 4.69) is 30.8 Å². The fourth-order valence-corrected chi connectivity index (χ4v) is 3.83. The van der Waals surface area contributed by atoms with Crippen LogP contribution < -0.4 is 20.3 Å². The van der Waals surface area contributed by atoms with Crippen LogP contribution in [0.5, 0.6) is 5.75 Å². The summed E-state index contributed by atoms with van der Waals surface area (Å²) in [7, 11) is 3.52. The van der Waals surface area contributed by atoms with E-state index in [-0.39, 0.29) is 11.8 Å². The minimum atomic E-state index is 0.0425. The van der Waals surface area contributed by atoms with Gasteiger partial charge in [-0.1, -0.05) is 12.1 Å². The lowest BCUT2D eigenvalue weighted by Gasteiger charge is -2.31. The third-order valence-electron chi connectivity index (χ3n) is 5.79. The Morgan fingerprint density at radius 3 is 2.50 bits per heavy atom. The smallest absolute Gasteiger partial charge is 0.223 e. The van der Waals surface area contributed by atoms with Crippen LogP contribution in [0.4, 0.5) is 17.5 Å². The number of piperidine rings is 1. The Kier molecular flexibility index (Phi) is 6.84. The molecule has 1 aliphatic rings. The van der Waals surface area contributed by atoms with Crippen LogP contribution in [0.2, 0.25) is 0 Å². The average Bonchev–Trinajstić information content (AvgIpc) is 3.24. The van der Waals surface area contributed by atoms with Crippen molar-refractivity contribution in [1.82, 2.24) is 25.3 Å². The highest BCUT2D eigenvalue weighted by Crippen LogP contribution is 2.23. The van der Waals surface area contributed by atoms with Gasteiger partial charge in [-0.05, 0) is 49.1 Å². The molecule has 1 aromatic carbocycles. The molecule has 1 amide bonds. The lowest BCUT2D eigenvalue weighted by molar-refractivity contribution is -0.125. The van der Waals surface area contributed by atoms with Crippen molar-refractivity contribution in [2.24, 2.45) is 13.0 Å². The zero-order valence-corrected chi connectivity index (χ0v) is 18.5. The van der Waals surface area contributed by atoms with E-state index in [1.807, 2.05) is 49.5 Å². The number of benzene rings is 1. The third-order valence-corrected chi connectivity index (χ3v) is 5.79. The standard InChI is InChI=1S/C23H29N7O2/c1-29-21(10-14-25-29)26-20-7-8-22(28-27-20)30-15-11-18(12-16-30)23(31)24-13-9-17-3-5-19(32-2)6-4-17/h3-8,10,14,18H,9,11-13,15-16H2,1-2H3,(H,24,31)(H,26,27). The second kappa shape index (κ2) is 10.1. The predicted octanol–water partition coefficient (Wildman–Crippen LogP) is 2.54. The van der Waals surface area contributed by atoms with Gasteiger partial charge in [0.15, 0.2) is 11.6 Å². The number of carbonyl (C=O) groups excluding carboxylic acids is 1. The largest absolute Gasteiger partial charge is 0.497 e. The SMILES string of the molecule is COc1ccc(CCNC(=O)C2CCN(c3ccc(Nc4ccnn4C)nn3)CC2)cc1. The van der Waals surface area contributed by atoms with E-state index in [1.165, 1.54) is 5.56 Å². The highest BCUT2D eigenvalue weighted by molar-refractivity contribution is 5.79. The van der Waals surface area contributed by atoms with Crippen molar-refractivity contribution in [3.05, 3.63) is 54.2 Å². The topological polar surface area (TPSA) is 97.2 Å². The van der Waals surface area contributed by atoms with Gasteiger partial charge in [-0.2, -0.15) is 5.10 Å². The molecule has 32 heavy (non-hydrogen) atoms. The number of ether oxygens (including phenoxy) is 1. The van der Waals surface area contributed by atoms with Crippen LogP contribution >= 0.6 is 0 Å². The van der Waals surface area contributed by atoms with Crippen LogP contribution in [0.25, 0.3) is 0 Å². The van der Waals surface area contributed by atoms with Crippen LogP contribution in [0, 0.1) is 5.92 Å². The maximum Gasteiger partial charge on any atom is 0.223 e. The molecular formula is C23H29N7O2. The molecule has 1 aliphatic heterocycles. The lowest BCUT2D eigenvalue weighted by Crippen LogP contribution is -2.41. The molecule has 0 atom stereocenters. The minimum Gasteiger partial charge on any atom is -0.497 e. The van der Waals surface area contributed by atoms with E-state index in [9.17, 15) is 4.79 Å². The van der Waals surface area contributed by atoms with Crippen molar-refractivity contribution in [2.45, 2.75) is 19.3 Å². The van der Waals surface area contributed by atoms with E-state index in [1.54, 1.807) is 18.0 Å². The summed E-state index contributed by atoms with van der Waals surface area (Å²) in [6.45, 7) is 2.22.